The number of carbonyl (C=O) groups excluding carboxylic acids is 1. The molecule has 0 saturated heterocycles. The lowest BCUT2D eigenvalue weighted by Gasteiger charge is -2.09. The molecule has 0 radical (unpaired) electrons. The highest BCUT2D eigenvalue weighted by molar-refractivity contribution is 5.93. The minimum absolute atomic E-state index is 0.0411. The number of amides is 1. The highest BCUT2D eigenvalue weighted by Crippen LogP contribution is 2.17. The highest BCUT2D eigenvalue weighted by atomic mass is 16.4. The van der Waals surface area contributed by atoms with Crippen molar-refractivity contribution in [2.24, 2.45) is 5.92 Å². The maximum absolute atomic E-state index is 10.9. The third kappa shape index (κ3) is 7.21. The Bertz CT molecular complexity index is 663. The molecule has 0 aliphatic carbocycles. The average Bonchev–Trinajstić information content (AvgIpc) is 2.61. The first-order chi connectivity index (χ1) is 11.8. The molecule has 0 aliphatic heterocycles. The van der Waals surface area contributed by atoms with Crippen LogP contribution in [0.15, 0.2) is 54.6 Å². The molecule has 134 valence electrons. The van der Waals surface area contributed by atoms with E-state index in [-0.39, 0.29) is 5.91 Å². The number of benzene rings is 2. The number of carbonyl (C=O) groups is 2. The van der Waals surface area contributed by atoms with E-state index in [1.54, 1.807) is 26.1 Å². The summed E-state index contributed by atoms with van der Waals surface area (Å²) < 4.78 is 0. The summed E-state index contributed by atoms with van der Waals surface area (Å²) in [7, 11) is 1.62. The monoisotopic (exact) mass is 341 g/mol. The lowest BCUT2D eigenvalue weighted by Crippen LogP contribution is -2.17. The predicted octanol–water partition coefficient (Wildman–Crippen LogP) is 4.12. The highest BCUT2D eigenvalue weighted by Gasteiger charge is 2.12. The third-order valence-corrected chi connectivity index (χ3v) is 3.76. The normalized spacial score (nSPS) is 11.2. The van der Waals surface area contributed by atoms with Crippen LogP contribution in [-0.2, 0) is 11.2 Å². The van der Waals surface area contributed by atoms with E-state index in [0.29, 0.717) is 11.5 Å². The molecule has 0 bridgehead atoms. The SMILES string of the molecule is CC(C)Cc1ccc([C@H](C)C(=O)O)cc1.CNC(=O)c1ccccc1. The third-order valence-electron chi connectivity index (χ3n) is 3.76. The van der Waals surface area contributed by atoms with Crippen molar-refractivity contribution >= 4 is 11.9 Å². The van der Waals surface area contributed by atoms with Crippen molar-refractivity contribution in [3.8, 4) is 0 Å². The minimum Gasteiger partial charge on any atom is -0.481 e. The first kappa shape index (κ1) is 20.4. The summed E-state index contributed by atoms with van der Waals surface area (Å²) in [5.41, 5.74) is 2.84. The molecule has 0 unspecified atom stereocenters. The van der Waals surface area contributed by atoms with Crippen LogP contribution >= 0.6 is 0 Å². The summed E-state index contributed by atoms with van der Waals surface area (Å²) in [5.74, 6) is -0.599. The lowest BCUT2D eigenvalue weighted by molar-refractivity contribution is -0.138. The largest absolute Gasteiger partial charge is 0.481 e. The van der Waals surface area contributed by atoms with Crippen LogP contribution in [0.4, 0.5) is 0 Å². The van der Waals surface area contributed by atoms with Gasteiger partial charge in [-0.1, -0.05) is 56.3 Å². The van der Waals surface area contributed by atoms with E-state index in [1.165, 1.54) is 5.56 Å². The van der Waals surface area contributed by atoms with E-state index in [4.69, 9.17) is 5.11 Å². The molecule has 0 aliphatic rings. The number of aliphatic carboxylic acids is 1. The molecule has 0 saturated carbocycles. The van der Waals surface area contributed by atoms with E-state index in [2.05, 4.69) is 19.2 Å². The van der Waals surface area contributed by atoms with E-state index in [1.807, 2.05) is 42.5 Å². The standard InChI is InChI=1S/C13H18O2.C8H9NO/c1-9(2)8-11-4-6-12(7-5-11)10(3)13(14)15;1-9-8(10)7-5-3-2-4-6-7/h4-7,9-10H,8H2,1-3H3,(H,14,15);2-6H,1H3,(H,9,10)/t10-;/m0./s1. The quantitative estimate of drug-likeness (QED) is 0.860. The predicted molar refractivity (Wildman–Crippen MR) is 101 cm³/mol. The van der Waals surface area contributed by atoms with E-state index in [9.17, 15) is 9.59 Å². The van der Waals surface area contributed by atoms with Crippen LogP contribution in [0.25, 0.3) is 0 Å². The molecule has 0 fully saturated rings. The summed E-state index contributed by atoms with van der Waals surface area (Å²) in [5, 5.41) is 11.4. The lowest BCUT2D eigenvalue weighted by atomic mass is 9.97. The van der Waals surface area contributed by atoms with Gasteiger partial charge < -0.3 is 10.4 Å². The van der Waals surface area contributed by atoms with Crippen LogP contribution in [0.5, 0.6) is 0 Å². The van der Waals surface area contributed by atoms with Gasteiger partial charge in [-0.25, -0.2) is 0 Å². The number of nitrogens with one attached hydrogen (secondary N) is 1. The molecule has 0 heterocycles. The van der Waals surface area contributed by atoms with Gasteiger partial charge in [0.1, 0.15) is 0 Å². The maximum Gasteiger partial charge on any atom is 0.310 e. The Morgan fingerprint density at radius 3 is 1.96 bits per heavy atom. The van der Waals surface area contributed by atoms with Crippen molar-refractivity contribution in [2.45, 2.75) is 33.1 Å². The molecule has 1 amide bonds. The van der Waals surface area contributed by atoms with Gasteiger partial charge in [-0.2, -0.15) is 0 Å². The van der Waals surface area contributed by atoms with Gasteiger partial charge in [0.05, 0.1) is 5.92 Å². The Morgan fingerprint density at radius 1 is 0.960 bits per heavy atom. The van der Waals surface area contributed by atoms with Crippen LogP contribution < -0.4 is 5.32 Å². The van der Waals surface area contributed by atoms with Gasteiger partial charge in [-0.3, -0.25) is 9.59 Å². The molecular weight excluding hydrogens is 314 g/mol. The zero-order valence-electron chi connectivity index (χ0n) is 15.3. The van der Waals surface area contributed by atoms with Crippen LogP contribution in [0.1, 0.15) is 48.2 Å². The summed E-state index contributed by atoms with van der Waals surface area (Å²) in [6, 6.07) is 17.0. The number of hydrogen-bond donors (Lipinski definition) is 2. The molecule has 2 aromatic carbocycles. The Hall–Kier alpha value is -2.62. The zero-order chi connectivity index (χ0) is 18.8. The second-order valence-electron chi connectivity index (χ2n) is 6.34. The first-order valence-corrected chi connectivity index (χ1v) is 8.44. The van der Waals surface area contributed by atoms with Crippen LogP contribution in [0.3, 0.4) is 0 Å². The van der Waals surface area contributed by atoms with Crippen molar-refractivity contribution in [3.05, 3.63) is 71.3 Å². The van der Waals surface area contributed by atoms with Gasteiger partial charge in [0, 0.05) is 12.6 Å². The summed E-state index contributed by atoms with van der Waals surface area (Å²) in [4.78, 5) is 21.7. The van der Waals surface area contributed by atoms with Crippen molar-refractivity contribution in [3.63, 3.8) is 0 Å². The maximum atomic E-state index is 10.9. The zero-order valence-corrected chi connectivity index (χ0v) is 15.3. The summed E-state index contributed by atoms with van der Waals surface area (Å²) in [6.45, 7) is 6.06. The Labute approximate surface area is 149 Å². The Balaban J connectivity index is 0.000000271. The number of carboxylic acids is 1. The smallest absolute Gasteiger partial charge is 0.310 e. The van der Waals surface area contributed by atoms with Crippen LogP contribution in [-0.4, -0.2) is 24.0 Å². The molecule has 2 aromatic rings. The van der Waals surface area contributed by atoms with E-state index >= 15 is 0 Å². The van der Waals surface area contributed by atoms with Gasteiger partial charge in [0.25, 0.3) is 5.91 Å². The molecule has 0 aromatic heterocycles. The van der Waals surface area contributed by atoms with E-state index < -0.39 is 11.9 Å². The van der Waals surface area contributed by atoms with Gasteiger partial charge in [0.15, 0.2) is 0 Å². The fraction of sp³-hybridized carbons (Fsp3) is 0.333. The van der Waals surface area contributed by atoms with Crippen molar-refractivity contribution in [1.29, 1.82) is 0 Å². The van der Waals surface area contributed by atoms with Crippen molar-refractivity contribution in [2.75, 3.05) is 7.05 Å². The molecule has 2 N–H and O–H groups in total. The van der Waals surface area contributed by atoms with Crippen LogP contribution in [0.2, 0.25) is 0 Å². The van der Waals surface area contributed by atoms with Crippen molar-refractivity contribution in [1.82, 2.24) is 5.32 Å². The fourth-order valence-corrected chi connectivity index (χ4v) is 2.29. The van der Waals surface area contributed by atoms with Gasteiger partial charge >= 0.3 is 5.97 Å². The van der Waals surface area contributed by atoms with Gasteiger partial charge in [-0.05, 0) is 42.5 Å². The topological polar surface area (TPSA) is 66.4 Å². The second-order valence-corrected chi connectivity index (χ2v) is 6.34. The average molecular weight is 341 g/mol. The molecular formula is C21H27NO3. The van der Waals surface area contributed by atoms with Crippen molar-refractivity contribution < 1.29 is 14.7 Å². The molecule has 0 spiro atoms. The van der Waals surface area contributed by atoms with E-state index in [0.717, 1.165) is 12.0 Å². The minimum atomic E-state index is -0.772. The van der Waals surface area contributed by atoms with Gasteiger partial charge in [0.2, 0.25) is 0 Å². The summed E-state index contributed by atoms with van der Waals surface area (Å²) in [6.07, 6.45) is 1.04. The fourth-order valence-electron chi connectivity index (χ4n) is 2.29. The molecule has 1 atom stereocenters. The van der Waals surface area contributed by atoms with Crippen LogP contribution in [0, 0.1) is 5.92 Å². The first-order valence-electron chi connectivity index (χ1n) is 8.44. The molecule has 25 heavy (non-hydrogen) atoms. The Kier molecular flexibility index (Phi) is 8.40. The molecule has 4 nitrogen and oxygen atoms in total. The molecule has 4 heteroatoms. The van der Waals surface area contributed by atoms with Gasteiger partial charge in [-0.15, -0.1) is 0 Å². The number of carboxylic acid groups (broad SMARTS) is 1. The summed E-state index contributed by atoms with van der Waals surface area (Å²) >= 11 is 0. The second kappa shape index (κ2) is 10.3. The number of hydrogen-bond acceptors (Lipinski definition) is 2. The number of rotatable bonds is 5. The molecule has 2 rings (SSSR count). The Morgan fingerprint density at radius 2 is 1.52 bits per heavy atom.